The zero-order chi connectivity index (χ0) is 13.8. The van der Waals surface area contributed by atoms with E-state index in [1.54, 1.807) is 0 Å². The number of aliphatic hydroxyl groups excluding tert-OH is 2. The van der Waals surface area contributed by atoms with E-state index in [1.807, 2.05) is 0 Å². The fourth-order valence-electron chi connectivity index (χ4n) is 2.29. The summed E-state index contributed by atoms with van der Waals surface area (Å²) >= 11 is 0. The van der Waals surface area contributed by atoms with E-state index in [0.717, 1.165) is 11.8 Å². The van der Waals surface area contributed by atoms with Crippen molar-refractivity contribution in [3.8, 4) is 0 Å². The molecule has 112 valence electrons. The van der Waals surface area contributed by atoms with Crippen molar-refractivity contribution >= 4 is 0 Å². The summed E-state index contributed by atoms with van der Waals surface area (Å²) < 4.78 is 14.6. The van der Waals surface area contributed by atoms with Crippen LogP contribution in [0.5, 0.6) is 0 Å². The van der Waals surface area contributed by atoms with Gasteiger partial charge in [0.25, 0.3) is 0 Å². The number of ether oxygens (including phenoxy) is 3. The molecule has 2 bridgehead atoms. The van der Waals surface area contributed by atoms with Gasteiger partial charge in [0.1, 0.15) is 6.79 Å². The first kappa shape index (κ1) is 16.6. The van der Waals surface area contributed by atoms with E-state index in [9.17, 15) is 0 Å². The van der Waals surface area contributed by atoms with Crippen LogP contribution >= 0.6 is 0 Å². The summed E-state index contributed by atoms with van der Waals surface area (Å²) in [5.41, 5.74) is 0. The molecular formula is C14H26O5. The average molecular weight is 274 g/mol. The molecule has 2 unspecified atom stereocenters. The number of hydrogen-bond acceptors (Lipinski definition) is 5. The molecule has 5 heteroatoms. The first-order chi connectivity index (χ1) is 9.36. The van der Waals surface area contributed by atoms with Crippen LogP contribution in [0.25, 0.3) is 0 Å². The molecule has 2 N–H and O–H groups in total. The fraction of sp³-hybridized carbons (Fsp3) is 0.857. The van der Waals surface area contributed by atoms with Crippen LogP contribution in [-0.4, -0.2) is 56.6 Å². The van der Waals surface area contributed by atoms with Gasteiger partial charge in [-0.25, -0.2) is 0 Å². The van der Waals surface area contributed by atoms with Crippen LogP contribution < -0.4 is 0 Å². The maximum atomic E-state index is 8.33. The predicted octanol–water partition coefficient (Wildman–Crippen LogP) is 0.951. The molecule has 5 nitrogen and oxygen atoms in total. The van der Waals surface area contributed by atoms with Gasteiger partial charge in [-0.3, -0.25) is 0 Å². The van der Waals surface area contributed by atoms with Gasteiger partial charge in [0.2, 0.25) is 0 Å². The van der Waals surface area contributed by atoms with E-state index >= 15 is 0 Å². The summed E-state index contributed by atoms with van der Waals surface area (Å²) in [7, 11) is 0. The second-order valence-electron chi connectivity index (χ2n) is 4.70. The molecular weight excluding hydrogens is 248 g/mol. The molecule has 19 heavy (non-hydrogen) atoms. The molecule has 0 spiro atoms. The first-order valence-corrected chi connectivity index (χ1v) is 7.00. The van der Waals surface area contributed by atoms with Crippen LogP contribution in [0.15, 0.2) is 12.2 Å². The highest BCUT2D eigenvalue weighted by molar-refractivity contribution is 5.06. The summed E-state index contributed by atoms with van der Waals surface area (Å²) in [5.74, 6) is 1.98. The lowest BCUT2D eigenvalue weighted by Crippen LogP contribution is -2.10. The topological polar surface area (TPSA) is 68.2 Å². The van der Waals surface area contributed by atoms with Crippen molar-refractivity contribution < 1.29 is 24.4 Å². The molecule has 0 aliphatic heterocycles. The van der Waals surface area contributed by atoms with Crippen molar-refractivity contribution in [1.29, 1.82) is 0 Å². The van der Waals surface area contributed by atoms with Crippen LogP contribution in [0.3, 0.4) is 0 Å². The highest BCUT2D eigenvalue weighted by Gasteiger charge is 2.25. The van der Waals surface area contributed by atoms with Gasteiger partial charge in [-0.2, -0.15) is 0 Å². The lowest BCUT2D eigenvalue weighted by Gasteiger charge is -2.04. The molecule has 0 radical (unpaired) electrons. The molecule has 0 aromatic rings. The molecule has 1 fully saturated rings. The quantitative estimate of drug-likeness (QED) is 0.372. The van der Waals surface area contributed by atoms with Crippen molar-refractivity contribution in [2.75, 3.05) is 46.4 Å². The van der Waals surface area contributed by atoms with E-state index in [-0.39, 0.29) is 13.4 Å². The summed E-state index contributed by atoms with van der Waals surface area (Å²) in [6, 6.07) is 0. The van der Waals surface area contributed by atoms with Crippen LogP contribution in [0.4, 0.5) is 0 Å². The highest BCUT2D eigenvalue weighted by atomic mass is 16.6. The Morgan fingerprint density at radius 2 is 1.32 bits per heavy atom. The average Bonchev–Trinajstić information content (AvgIpc) is 3.08. The Labute approximate surface area is 115 Å². The molecule has 2 rings (SSSR count). The predicted molar refractivity (Wildman–Crippen MR) is 71.7 cm³/mol. The van der Waals surface area contributed by atoms with Gasteiger partial charge in [0.15, 0.2) is 0 Å². The smallest absolute Gasteiger partial charge is 0.143 e. The lowest BCUT2D eigenvalue weighted by atomic mass is 10.1. The van der Waals surface area contributed by atoms with Gasteiger partial charge >= 0.3 is 0 Å². The van der Waals surface area contributed by atoms with Gasteiger partial charge in [-0.05, 0) is 31.1 Å². The van der Waals surface area contributed by atoms with Crippen LogP contribution in [0.1, 0.15) is 19.3 Å². The minimum absolute atomic E-state index is 0.0353. The molecule has 2 aliphatic carbocycles. The number of allylic oxidation sites excluding steroid dienone is 2. The Hall–Kier alpha value is -0.460. The Morgan fingerprint density at radius 1 is 0.789 bits per heavy atom. The number of aliphatic hydroxyl groups is 2. The van der Waals surface area contributed by atoms with Gasteiger partial charge in [0.05, 0.1) is 39.6 Å². The van der Waals surface area contributed by atoms with Gasteiger partial charge in [-0.1, -0.05) is 12.2 Å². The summed E-state index contributed by atoms with van der Waals surface area (Å²) in [5, 5.41) is 16.5. The van der Waals surface area contributed by atoms with E-state index in [4.69, 9.17) is 19.7 Å². The third-order valence-corrected chi connectivity index (χ3v) is 3.24. The van der Waals surface area contributed by atoms with Crippen molar-refractivity contribution in [3.05, 3.63) is 12.2 Å². The molecule has 0 heterocycles. The van der Waals surface area contributed by atoms with E-state index in [0.29, 0.717) is 33.0 Å². The van der Waals surface area contributed by atoms with Crippen LogP contribution in [0.2, 0.25) is 0 Å². The Bertz CT molecular complexity index is 210. The molecule has 1 saturated carbocycles. The minimum Gasteiger partial charge on any atom is -0.394 e. The molecule has 0 aromatic heterocycles. The molecule has 0 aromatic carbocycles. The summed E-state index contributed by atoms with van der Waals surface area (Å²) in [6.45, 7) is 1.89. The number of hydrogen-bond donors (Lipinski definition) is 2. The summed E-state index contributed by atoms with van der Waals surface area (Å²) in [4.78, 5) is 0. The van der Waals surface area contributed by atoms with E-state index in [1.165, 1.54) is 19.3 Å². The SMILES string of the molecule is C1=CC2CCC1C2.OCCOCCOCCOCO. The Morgan fingerprint density at radius 3 is 1.68 bits per heavy atom. The lowest BCUT2D eigenvalue weighted by molar-refractivity contribution is -0.0379. The largest absolute Gasteiger partial charge is 0.394 e. The minimum atomic E-state index is -0.273. The standard InChI is InChI=1S/C7H16O5.C7H10/c8-1-2-10-3-4-11-5-6-12-7-9;1-2-7-4-3-6(1)5-7/h8-9H,1-7H2;1-2,6-7H,3-5H2. The summed E-state index contributed by atoms with van der Waals surface area (Å²) in [6.07, 6.45) is 9.19. The zero-order valence-corrected chi connectivity index (χ0v) is 11.5. The van der Waals surface area contributed by atoms with Crippen molar-refractivity contribution in [1.82, 2.24) is 0 Å². The Balaban J connectivity index is 0.000000213. The van der Waals surface area contributed by atoms with Crippen molar-refractivity contribution in [2.45, 2.75) is 19.3 Å². The molecule has 2 aliphatic rings. The number of fused-ring (bicyclic) bond motifs is 2. The van der Waals surface area contributed by atoms with Gasteiger partial charge in [0, 0.05) is 0 Å². The maximum absolute atomic E-state index is 8.33. The second-order valence-corrected chi connectivity index (χ2v) is 4.70. The van der Waals surface area contributed by atoms with E-state index < -0.39 is 0 Å². The maximum Gasteiger partial charge on any atom is 0.143 e. The molecule has 0 saturated heterocycles. The first-order valence-electron chi connectivity index (χ1n) is 7.00. The van der Waals surface area contributed by atoms with Crippen molar-refractivity contribution in [2.24, 2.45) is 11.8 Å². The monoisotopic (exact) mass is 274 g/mol. The highest BCUT2D eigenvalue weighted by Crippen LogP contribution is 2.38. The zero-order valence-electron chi connectivity index (χ0n) is 11.5. The van der Waals surface area contributed by atoms with Crippen molar-refractivity contribution in [3.63, 3.8) is 0 Å². The fourth-order valence-corrected chi connectivity index (χ4v) is 2.29. The number of rotatable bonds is 9. The van der Waals surface area contributed by atoms with Gasteiger partial charge in [-0.15, -0.1) is 0 Å². The molecule has 2 atom stereocenters. The van der Waals surface area contributed by atoms with Crippen LogP contribution in [-0.2, 0) is 14.2 Å². The second kappa shape index (κ2) is 11.4. The molecule has 0 amide bonds. The Kier molecular flexibility index (Phi) is 9.93. The third-order valence-electron chi connectivity index (χ3n) is 3.24. The third kappa shape index (κ3) is 8.34. The normalized spacial score (nSPS) is 23.5. The van der Waals surface area contributed by atoms with E-state index in [2.05, 4.69) is 16.9 Å². The van der Waals surface area contributed by atoms with Crippen LogP contribution in [0, 0.1) is 11.8 Å². The van der Waals surface area contributed by atoms with Gasteiger partial charge < -0.3 is 24.4 Å².